The third-order valence-corrected chi connectivity index (χ3v) is 13.1. The van der Waals surface area contributed by atoms with E-state index in [1.807, 2.05) is 11.3 Å². The van der Waals surface area contributed by atoms with Crippen molar-refractivity contribution in [1.82, 2.24) is 0 Å². The molecule has 0 fully saturated rings. The SMILES string of the molecule is c1ccc(-c2cccc3c2sc2c(-c4cccc(-c5ccc6c(c5)c5ccccc5c5cc7c8ccccc8c8ccccc8c7cc65)c4)cccc23)cc1. The lowest BCUT2D eigenvalue weighted by molar-refractivity contribution is 1.63. The molecule has 12 aromatic rings. The summed E-state index contributed by atoms with van der Waals surface area (Å²) in [6.45, 7) is 0. The molecule has 0 spiro atoms. The van der Waals surface area contributed by atoms with Gasteiger partial charge in [-0.3, -0.25) is 0 Å². The summed E-state index contributed by atoms with van der Waals surface area (Å²) < 4.78 is 2.68. The van der Waals surface area contributed by atoms with E-state index in [2.05, 4.69) is 194 Å². The quantitative estimate of drug-likeness (QED) is 0.126. The maximum atomic E-state index is 2.46. The summed E-state index contributed by atoms with van der Waals surface area (Å²) in [5, 5.41) is 18.2. The zero-order valence-electron chi connectivity index (χ0n) is 29.9. The summed E-state index contributed by atoms with van der Waals surface area (Å²) in [6.07, 6.45) is 0. The van der Waals surface area contributed by atoms with Gasteiger partial charge in [-0.15, -0.1) is 11.3 Å². The Morgan fingerprint density at radius 2 is 0.564 bits per heavy atom. The summed E-state index contributed by atoms with van der Waals surface area (Å²) in [4.78, 5) is 0. The first kappa shape index (κ1) is 30.6. The van der Waals surface area contributed by atoms with E-state index in [-0.39, 0.29) is 0 Å². The lowest BCUT2D eigenvalue weighted by Crippen LogP contribution is -1.88. The highest BCUT2D eigenvalue weighted by Gasteiger charge is 2.17. The molecule has 0 saturated carbocycles. The van der Waals surface area contributed by atoms with Crippen molar-refractivity contribution >= 4 is 96.1 Å². The van der Waals surface area contributed by atoms with Gasteiger partial charge in [0.2, 0.25) is 0 Å². The zero-order valence-corrected chi connectivity index (χ0v) is 30.7. The molecule has 0 unspecified atom stereocenters. The number of fused-ring (bicyclic) bond motifs is 15. The largest absolute Gasteiger partial charge is 0.134 e. The monoisotopic (exact) mass is 712 g/mol. The van der Waals surface area contributed by atoms with Crippen molar-refractivity contribution in [2.75, 3.05) is 0 Å². The third kappa shape index (κ3) is 4.57. The molecule has 0 radical (unpaired) electrons. The van der Waals surface area contributed by atoms with E-state index in [0.717, 1.165) is 0 Å². The maximum Gasteiger partial charge on any atom is 0.0434 e. The third-order valence-electron chi connectivity index (χ3n) is 11.8. The van der Waals surface area contributed by atoms with Crippen LogP contribution in [0.15, 0.2) is 194 Å². The Balaban J connectivity index is 1.06. The van der Waals surface area contributed by atoms with Crippen molar-refractivity contribution in [3.05, 3.63) is 194 Å². The lowest BCUT2D eigenvalue weighted by atomic mass is 9.87. The molecule has 0 saturated heterocycles. The van der Waals surface area contributed by atoms with Gasteiger partial charge >= 0.3 is 0 Å². The average molecular weight is 713 g/mol. The average Bonchev–Trinajstić information content (AvgIpc) is 3.66. The predicted molar refractivity (Wildman–Crippen MR) is 241 cm³/mol. The topological polar surface area (TPSA) is 0 Å². The minimum absolute atomic E-state index is 1.22. The van der Waals surface area contributed by atoms with Crippen molar-refractivity contribution in [1.29, 1.82) is 0 Å². The fraction of sp³-hybridized carbons (Fsp3) is 0. The number of rotatable bonds is 3. The summed E-state index contributed by atoms with van der Waals surface area (Å²) >= 11 is 1.91. The molecule has 1 heteroatoms. The molecule has 0 aliphatic heterocycles. The number of hydrogen-bond donors (Lipinski definition) is 0. The molecule has 55 heavy (non-hydrogen) atoms. The molecular formula is C54H32S. The molecule has 0 bridgehead atoms. The van der Waals surface area contributed by atoms with Crippen LogP contribution in [0.3, 0.4) is 0 Å². The highest BCUT2D eigenvalue weighted by Crippen LogP contribution is 2.46. The van der Waals surface area contributed by atoms with Crippen molar-refractivity contribution in [2.24, 2.45) is 0 Å². The van der Waals surface area contributed by atoms with Crippen LogP contribution in [0.2, 0.25) is 0 Å². The molecular weight excluding hydrogens is 681 g/mol. The Morgan fingerprint density at radius 3 is 1.11 bits per heavy atom. The molecule has 12 rings (SSSR count). The van der Waals surface area contributed by atoms with Crippen LogP contribution in [0.5, 0.6) is 0 Å². The molecule has 11 aromatic carbocycles. The van der Waals surface area contributed by atoms with Crippen molar-refractivity contribution in [3.8, 4) is 33.4 Å². The van der Waals surface area contributed by atoms with E-state index in [0.29, 0.717) is 0 Å². The predicted octanol–water partition coefficient (Wildman–Crippen LogP) is 16.0. The minimum atomic E-state index is 1.22. The van der Waals surface area contributed by atoms with Gasteiger partial charge in [-0.25, -0.2) is 0 Å². The maximum absolute atomic E-state index is 2.46. The van der Waals surface area contributed by atoms with Crippen molar-refractivity contribution in [3.63, 3.8) is 0 Å². The minimum Gasteiger partial charge on any atom is -0.134 e. The molecule has 0 atom stereocenters. The first-order valence-electron chi connectivity index (χ1n) is 19.0. The summed E-state index contributed by atoms with van der Waals surface area (Å²) in [6, 6.07) is 72.1. The zero-order chi connectivity index (χ0) is 36.0. The van der Waals surface area contributed by atoms with Gasteiger partial charge in [-0.05, 0) is 122 Å². The molecule has 0 nitrogen and oxygen atoms in total. The van der Waals surface area contributed by atoms with Crippen LogP contribution in [0.1, 0.15) is 0 Å². The van der Waals surface area contributed by atoms with E-state index >= 15 is 0 Å². The van der Waals surface area contributed by atoms with Gasteiger partial charge in [0.15, 0.2) is 0 Å². The molecule has 0 aliphatic carbocycles. The Morgan fingerprint density at radius 1 is 0.200 bits per heavy atom. The Bertz CT molecular complexity index is 3530. The van der Waals surface area contributed by atoms with Gasteiger partial charge in [-0.2, -0.15) is 0 Å². The fourth-order valence-electron chi connectivity index (χ4n) is 9.29. The van der Waals surface area contributed by atoms with Gasteiger partial charge < -0.3 is 0 Å². The summed E-state index contributed by atoms with van der Waals surface area (Å²) in [7, 11) is 0. The summed E-state index contributed by atoms with van der Waals surface area (Å²) in [5.74, 6) is 0. The second-order valence-corrected chi connectivity index (χ2v) is 15.8. The second-order valence-electron chi connectivity index (χ2n) is 14.8. The van der Waals surface area contributed by atoms with Crippen LogP contribution >= 0.6 is 11.3 Å². The van der Waals surface area contributed by atoms with Crippen molar-refractivity contribution < 1.29 is 0 Å². The number of hydrogen-bond acceptors (Lipinski definition) is 1. The molecule has 1 heterocycles. The van der Waals surface area contributed by atoms with Crippen LogP contribution in [0.25, 0.3) is 118 Å². The normalized spacial score (nSPS) is 12.0. The van der Waals surface area contributed by atoms with Gasteiger partial charge in [0.25, 0.3) is 0 Å². The smallest absolute Gasteiger partial charge is 0.0434 e. The van der Waals surface area contributed by atoms with Gasteiger partial charge in [0.1, 0.15) is 0 Å². The van der Waals surface area contributed by atoms with Crippen LogP contribution in [-0.4, -0.2) is 0 Å². The van der Waals surface area contributed by atoms with Crippen LogP contribution in [0.4, 0.5) is 0 Å². The molecule has 1 aromatic heterocycles. The van der Waals surface area contributed by atoms with E-state index in [1.54, 1.807) is 0 Å². The molecule has 0 N–H and O–H groups in total. The van der Waals surface area contributed by atoms with Crippen LogP contribution in [0, 0.1) is 0 Å². The van der Waals surface area contributed by atoms with Crippen molar-refractivity contribution in [2.45, 2.75) is 0 Å². The first-order chi connectivity index (χ1) is 27.3. The van der Waals surface area contributed by atoms with Gasteiger partial charge in [0, 0.05) is 20.2 Å². The molecule has 0 aliphatic rings. The van der Waals surface area contributed by atoms with Gasteiger partial charge in [0.05, 0.1) is 0 Å². The Hall–Kier alpha value is -6.80. The lowest BCUT2D eigenvalue weighted by Gasteiger charge is -2.16. The Labute approximate surface area is 322 Å². The fourth-order valence-corrected chi connectivity index (χ4v) is 10.7. The first-order valence-corrected chi connectivity index (χ1v) is 19.8. The van der Waals surface area contributed by atoms with Crippen LogP contribution < -0.4 is 0 Å². The summed E-state index contributed by atoms with van der Waals surface area (Å²) in [5.41, 5.74) is 7.53. The highest BCUT2D eigenvalue weighted by atomic mass is 32.1. The Kier molecular flexibility index (Phi) is 6.60. The standard InChI is InChI=1S/C54H32S/c1-2-13-33(14-3-1)37-23-11-25-46-47-26-12-24-38(54(47)55-53(37)46)36-16-10-15-34(29-36)35-27-28-45-48(30-35)43-21-8-9-22-44(43)51-31-49-41-19-6-4-17-39(41)40-18-5-7-20-42(40)50(49)32-52(45)51/h1-32H. The second kappa shape index (κ2) is 11.9. The highest BCUT2D eigenvalue weighted by molar-refractivity contribution is 7.26. The van der Waals surface area contributed by atoms with Gasteiger partial charge in [-0.1, -0.05) is 170 Å². The van der Waals surface area contributed by atoms with E-state index in [9.17, 15) is 0 Å². The van der Waals surface area contributed by atoms with E-state index in [4.69, 9.17) is 0 Å². The number of thiophene rings is 1. The van der Waals surface area contributed by atoms with Crippen LogP contribution in [-0.2, 0) is 0 Å². The van der Waals surface area contributed by atoms with E-state index < -0.39 is 0 Å². The number of benzene rings is 11. The molecule has 254 valence electrons. The van der Waals surface area contributed by atoms with E-state index in [1.165, 1.54) is 118 Å². The molecule has 0 amide bonds.